The van der Waals surface area contributed by atoms with Gasteiger partial charge in [0.25, 0.3) is 5.91 Å². The molecule has 1 saturated heterocycles. The van der Waals surface area contributed by atoms with E-state index in [0.29, 0.717) is 18.2 Å². The Morgan fingerprint density at radius 3 is 2.64 bits per heavy atom. The lowest BCUT2D eigenvalue weighted by Crippen LogP contribution is -2.43. The highest BCUT2D eigenvalue weighted by atomic mass is 16.4. The first-order chi connectivity index (χ1) is 13.5. The fourth-order valence-electron chi connectivity index (χ4n) is 5.48. The molecule has 1 aromatic heterocycles. The summed E-state index contributed by atoms with van der Waals surface area (Å²) in [7, 11) is 0. The summed E-state index contributed by atoms with van der Waals surface area (Å²) in [6, 6.07) is 7.43. The zero-order chi connectivity index (χ0) is 19.4. The van der Waals surface area contributed by atoms with Crippen molar-refractivity contribution in [2.24, 2.45) is 11.8 Å². The number of nitrogens with zero attached hydrogens (tertiary/aromatic N) is 3. The zero-order valence-corrected chi connectivity index (χ0v) is 16.1. The minimum Gasteiger partial charge on any atom is -0.480 e. The van der Waals surface area contributed by atoms with Crippen molar-refractivity contribution in [2.75, 3.05) is 6.54 Å². The van der Waals surface area contributed by atoms with Crippen molar-refractivity contribution in [3.63, 3.8) is 0 Å². The molecule has 146 valence electrons. The van der Waals surface area contributed by atoms with Crippen molar-refractivity contribution in [1.29, 1.82) is 0 Å². The smallest absolute Gasteiger partial charge is 0.326 e. The number of aryl methyl sites for hydroxylation is 1. The molecule has 0 spiro atoms. The molecule has 1 saturated carbocycles. The first-order valence-electron chi connectivity index (χ1n) is 10.3. The number of carboxylic acid groups (broad SMARTS) is 1. The molecule has 0 bridgehead atoms. The topological polar surface area (TPSA) is 75.4 Å². The fraction of sp³-hybridized carbons (Fsp3) is 0.500. The maximum atomic E-state index is 13.4. The van der Waals surface area contributed by atoms with Crippen molar-refractivity contribution >= 4 is 11.9 Å². The molecule has 1 aromatic carbocycles. The van der Waals surface area contributed by atoms with E-state index in [9.17, 15) is 14.7 Å². The van der Waals surface area contributed by atoms with E-state index in [-0.39, 0.29) is 11.8 Å². The Bertz CT molecular complexity index is 947. The van der Waals surface area contributed by atoms with Gasteiger partial charge in [0, 0.05) is 17.8 Å². The monoisotopic (exact) mass is 379 g/mol. The van der Waals surface area contributed by atoms with Crippen molar-refractivity contribution in [3.05, 3.63) is 46.8 Å². The number of carbonyl (C=O) groups is 2. The molecule has 0 radical (unpaired) electrons. The van der Waals surface area contributed by atoms with E-state index in [1.54, 1.807) is 4.90 Å². The van der Waals surface area contributed by atoms with Gasteiger partial charge in [-0.25, -0.2) is 9.48 Å². The number of fused-ring (bicyclic) bond motifs is 2. The summed E-state index contributed by atoms with van der Waals surface area (Å²) < 4.78 is 1.89. The van der Waals surface area contributed by atoms with Gasteiger partial charge in [-0.15, -0.1) is 0 Å². The highest BCUT2D eigenvalue weighted by Gasteiger charge is 2.50. The van der Waals surface area contributed by atoms with Crippen LogP contribution in [-0.4, -0.2) is 44.3 Å². The summed E-state index contributed by atoms with van der Waals surface area (Å²) in [5.74, 6) is -0.672. The zero-order valence-electron chi connectivity index (χ0n) is 16.1. The second kappa shape index (κ2) is 6.47. The third-order valence-corrected chi connectivity index (χ3v) is 6.82. The minimum atomic E-state index is -0.877. The highest BCUT2D eigenvalue weighted by molar-refractivity contribution is 5.97. The standard InChI is InChI=1S/C22H25N3O3/c1-13-8-10-15(11-9-13)25-18-7-3-6-17(18)19(23-25)21(26)24-12-14-4-2-5-16(14)20(24)22(27)28/h8-11,14,16,20H,2-7,12H2,1H3,(H,27,28). The van der Waals surface area contributed by atoms with E-state index in [4.69, 9.17) is 5.10 Å². The average molecular weight is 379 g/mol. The maximum absolute atomic E-state index is 13.4. The Morgan fingerprint density at radius 1 is 1.11 bits per heavy atom. The molecule has 5 rings (SSSR count). The van der Waals surface area contributed by atoms with Crippen molar-refractivity contribution in [2.45, 2.75) is 51.5 Å². The number of hydrogen-bond donors (Lipinski definition) is 1. The van der Waals surface area contributed by atoms with Crippen LogP contribution in [0.25, 0.3) is 5.69 Å². The van der Waals surface area contributed by atoms with Crippen LogP contribution in [0.2, 0.25) is 0 Å². The van der Waals surface area contributed by atoms with Gasteiger partial charge in [0.05, 0.1) is 5.69 Å². The molecule has 1 aliphatic heterocycles. The molecule has 2 fully saturated rings. The van der Waals surface area contributed by atoms with Crippen LogP contribution in [-0.2, 0) is 17.6 Å². The van der Waals surface area contributed by atoms with Crippen LogP contribution < -0.4 is 0 Å². The lowest BCUT2D eigenvalue weighted by molar-refractivity contribution is -0.142. The van der Waals surface area contributed by atoms with Crippen molar-refractivity contribution in [3.8, 4) is 5.69 Å². The summed E-state index contributed by atoms with van der Waals surface area (Å²) in [5.41, 5.74) is 4.69. The second-order valence-electron chi connectivity index (χ2n) is 8.47. The Labute approximate surface area is 164 Å². The molecule has 3 atom stereocenters. The lowest BCUT2D eigenvalue weighted by Gasteiger charge is -2.24. The number of benzene rings is 1. The Balaban J connectivity index is 1.53. The van der Waals surface area contributed by atoms with Gasteiger partial charge in [0.1, 0.15) is 6.04 Å². The van der Waals surface area contributed by atoms with Gasteiger partial charge >= 0.3 is 5.97 Å². The summed E-state index contributed by atoms with van der Waals surface area (Å²) in [5, 5.41) is 14.5. The van der Waals surface area contributed by atoms with Crippen LogP contribution in [0.1, 0.15) is 53.0 Å². The van der Waals surface area contributed by atoms with Crippen LogP contribution in [0.15, 0.2) is 24.3 Å². The molecule has 3 aliphatic rings. The SMILES string of the molecule is Cc1ccc(-n2nc(C(=O)N3CC4CCCC4C3C(=O)O)c3c2CCC3)cc1. The summed E-state index contributed by atoms with van der Waals surface area (Å²) in [4.78, 5) is 27.0. The first-order valence-corrected chi connectivity index (χ1v) is 10.3. The third-order valence-electron chi connectivity index (χ3n) is 6.82. The molecule has 2 aliphatic carbocycles. The quantitative estimate of drug-likeness (QED) is 0.890. The fourth-order valence-corrected chi connectivity index (χ4v) is 5.48. The molecule has 3 unspecified atom stereocenters. The van der Waals surface area contributed by atoms with Gasteiger partial charge in [-0.1, -0.05) is 24.1 Å². The third kappa shape index (κ3) is 2.58. The predicted molar refractivity (Wildman–Crippen MR) is 104 cm³/mol. The number of aromatic nitrogens is 2. The highest BCUT2D eigenvalue weighted by Crippen LogP contribution is 2.43. The average Bonchev–Trinajstić information content (AvgIpc) is 3.41. The van der Waals surface area contributed by atoms with Crippen LogP contribution >= 0.6 is 0 Å². The van der Waals surface area contributed by atoms with Crippen LogP contribution in [0.3, 0.4) is 0 Å². The number of amides is 1. The number of rotatable bonds is 3. The molecule has 2 aromatic rings. The summed E-state index contributed by atoms with van der Waals surface area (Å²) in [6.45, 7) is 2.59. The number of carbonyl (C=O) groups excluding carboxylic acids is 1. The van der Waals surface area contributed by atoms with E-state index in [1.165, 1.54) is 5.56 Å². The van der Waals surface area contributed by atoms with Gasteiger partial charge < -0.3 is 10.0 Å². The molecule has 1 amide bonds. The van der Waals surface area contributed by atoms with Crippen molar-refractivity contribution < 1.29 is 14.7 Å². The van der Waals surface area contributed by atoms with Gasteiger partial charge in [-0.2, -0.15) is 5.10 Å². The van der Waals surface area contributed by atoms with Gasteiger partial charge in [-0.3, -0.25) is 4.79 Å². The number of hydrogen-bond acceptors (Lipinski definition) is 3. The molecular weight excluding hydrogens is 354 g/mol. The predicted octanol–water partition coefficient (Wildman–Crippen LogP) is 2.99. The molecule has 6 nitrogen and oxygen atoms in total. The second-order valence-corrected chi connectivity index (χ2v) is 8.47. The van der Waals surface area contributed by atoms with E-state index in [1.807, 2.05) is 35.9 Å². The van der Waals surface area contributed by atoms with E-state index >= 15 is 0 Å². The first kappa shape index (κ1) is 17.5. The van der Waals surface area contributed by atoms with Crippen LogP contribution in [0.4, 0.5) is 0 Å². The molecule has 2 heterocycles. The van der Waals surface area contributed by atoms with E-state index in [0.717, 1.165) is 55.5 Å². The van der Waals surface area contributed by atoms with Gasteiger partial charge in [-0.05, 0) is 63.0 Å². The molecule has 1 N–H and O–H groups in total. The Kier molecular flexibility index (Phi) is 4.03. The molecule has 28 heavy (non-hydrogen) atoms. The number of likely N-dealkylation sites (tertiary alicyclic amines) is 1. The molecular formula is C22H25N3O3. The van der Waals surface area contributed by atoms with E-state index in [2.05, 4.69) is 0 Å². The van der Waals surface area contributed by atoms with Gasteiger partial charge in [0.15, 0.2) is 5.69 Å². The summed E-state index contributed by atoms with van der Waals surface area (Å²) in [6.07, 6.45) is 5.73. The van der Waals surface area contributed by atoms with E-state index < -0.39 is 12.0 Å². The summed E-state index contributed by atoms with van der Waals surface area (Å²) >= 11 is 0. The normalized spacial score (nSPS) is 25.8. The Morgan fingerprint density at radius 2 is 1.89 bits per heavy atom. The van der Waals surface area contributed by atoms with Crippen LogP contribution in [0, 0.1) is 18.8 Å². The van der Waals surface area contributed by atoms with Crippen LogP contribution in [0.5, 0.6) is 0 Å². The lowest BCUT2D eigenvalue weighted by atomic mass is 9.94. The maximum Gasteiger partial charge on any atom is 0.326 e. The largest absolute Gasteiger partial charge is 0.480 e. The van der Waals surface area contributed by atoms with Crippen molar-refractivity contribution in [1.82, 2.24) is 14.7 Å². The number of carboxylic acids is 1. The Hall–Kier alpha value is -2.63. The minimum absolute atomic E-state index is 0.0914. The van der Waals surface area contributed by atoms with Gasteiger partial charge in [0.2, 0.25) is 0 Å². The number of aliphatic carboxylic acids is 1. The molecule has 6 heteroatoms.